The van der Waals surface area contributed by atoms with Crippen molar-refractivity contribution in [3.63, 3.8) is 0 Å². The Morgan fingerprint density at radius 2 is 1.80 bits per heavy atom. The van der Waals surface area contributed by atoms with Gasteiger partial charge in [0.2, 0.25) is 5.95 Å². The summed E-state index contributed by atoms with van der Waals surface area (Å²) in [6.07, 6.45) is 5.93. The van der Waals surface area contributed by atoms with E-state index in [1.807, 2.05) is 29.1 Å². The predicted octanol–water partition coefficient (Wildman–Crippen LogP) is 2.88. The molecule has 0 unspecified atom stereocenters. The molecule has 10 nitrogen and oxygen atoms in total. The number of rotatable bonds is 4. The Bertz CT molecular complexity index is 1340. The number of nitrogens with zero attached hydrogens (tertiary/aromatic N) is 7. The predicted molar refractivity (Wildman–Crippen MR) is 134 cm³/mol. The summed E-state index contributed by atoms with van der Waals surface area (Å²) in [5.74, 6) is 1.86. The number of aromatic hydroxyl groups is 1. The lowest BCUT2D eigenvalue weighted by Gasteiger charge is -2.32. The highest BCUT2D eigenvalue weighted by Gasteiger charge is 2.26. The first-order valence-electron chi connectivity index (χ1n) is 12.3. The summed E-state index contributed by atoms with van der Waals surface area (Å²) in [6.45, 7) is 3.78. The Kier molecular flexibility index (Phi) is 5.65. The third kappa shape index (κ3) is 4.14. The molecular formula is C25H29N9O. The number of para-hydroxylation sites is 1. The standard InChI is InChI=1S/C25H29N9O/c26-24-23-21(15-20(30-31-23)18-3-1-2-4-22(18)35)34(32-24)17-8-13-33(14-9-17)25-28-12-7-19(29-25)16-5-10-27-11-6-16/h1-4,7,12,15-17,27,35H,5-6,8-11,13-14H2,(H2,26,32). The van der Waals surface area contributed by atoms with Crippen LogP contribution in [0.3, 0.4) is 0 Å². The molecule has 0 saturated carbocycles. The third-order valence-electron chi connectivity index (χ3n) is 7.17. The van der Waals surface area contributed by atoms with E-state index in [0.29, 0.717) is 28.5 Å². The van der Waals surface area contributed by atoms with Crippen LogP contribution in [0.2, 0.25) is 0 Å². The SMILES string of the molecule is Nc1nn(C2CCN(c3nccc(C4CCNCC4)n3)CC2)c2cc(-c3ccccc3O)nnc12. The zero-order valence-electron chi connectivity index (χ0n) is 19.5. The minimum atomic E-state index is 0.167. The molecule has 1 aromatic carbocycles. The number of nitrogen functional groups attached to an aromatic ring is 1. The first-order chi connectivity index (χ1) is 17.2. The minimum absolute atomic E-state index is 0.167. The van der Waals surface area contributed by atoms with Crippen LogP contribution in [0.1, 0.15) is 43.3 Å². The first-order valence-corrected chi connectivity index (χ1v) is 12.3. The summed E-state index contributed by atoms with van der Waals surface area (Å²) in [4.78, 5) is 11.8. The average molecular weight is 472 g/mol. The van der Waals surface area contributed by atoms with Gasteiger partial charge in [0.1, 0.15) is 5.75 Å². The lowest BCUT2D eigenvalue weighted by molar-refractivity contribution is 0.374. The maximum atomic E-state index is 10.3. The van der Waals surface area contributed by atoms with Gasteiger partial charge in [-0.2, -0.15) is 5.10 Å². The van der Waals surface area contributed by atoms with E-state index < -0.39 is 0 Å². The van der Waals surface area contributed by atoms with E-state index in [-0.39, 0.29) is 11.8 Å². The van der Waals surface area contributed by atoms with Crippen LogP contribution in [0.5, 0.6) is 5.75 Å². The fourth-order valence-electron chi connectivity index (χ4n) is 5.23. The molecule has 2 aliphatic rings. The highest BCUT2D eigenvalue weighted by Crippen LogP contribution is 2.33. The number of nitrogens with two attached hydrogens (primary N) is 1. The molecule has 0 bridgehead atoms. The summed E-state index contributed by atoms with van der Waals surface area (Å²) in [6, 6.07) is 11.3. The van der Waals surface area contributed by atoms with Gasteiger partial charge in [-0.3, -0.25) is 4.68 Å². The summed E-state index contributed by atoms with van der Waals surface area (Å²) < 4.78 is 1.98. The van der Waals surface area contributed by atoms with Crippen LogP contribution >= 0.6 is 0 Å². The molecule has 0 spiro atoms. The van der Waals surface area contributed by atoms with E-state index in [1.165, 1.54) is 0 Å². The van der Waals surface area contributed by atoms with Gasteiger partial charge >= 0.3 is 0 Å². The second kappa shape index (κ2) is 9.10. The number of hydrogen-bond acceptors (Lipinski definition) is 9. The Hall–Kier alpha value is -3.79. The number of phenols is 1. The van der Waals surface area contributed by atoms with Gasteiger partial charge in [-0.1, -0.05) is 12.1 Å². The number of nitrogens with one attached hydrogen (secondary N) is 1. The molecule has 5 heterocycles. The number of anilines is 2. The molecule has 0 atom stereocenters. The molecule has 0 aliphatic carbocycles. The van der Waals surface area contributed by atoms with Crippen molar-refractivity contribution in [3.8, 4) is 17.0 Å². The van der Waals surface area contributed by atoms with Crippen molar-refractivity contribution in [1.29, 1.82) is 0 Å². The first kappa shape index (κ1) is 21.7. The van der Waals surface area contributed by atoms with E-state index in [1.54, 1.807) is 12.1 Å². The van der Waals surface area contributed by atoms with Crippen molar-refractivity contribution < 1.29 is 5.11 Å². The number of phenolic OH excluding ortho intramolecular Hbond substituents is 1. The fourth-order valence-corrected chi connectivity index (χ4v) is 5.23. The third-order valence-corrected chi connectivity index (χ3v) is 7.17. The van der Waals surface area contributed by atoms with Crippen LogP contribution in [0.15, 0.2) is 42.6 Å². The van der Waals surface area contributed by atoms with Crippen molar-refractivity contribution >= 4 is 22.8 Å². The number of fused-ring (bicyclic) bond motifs is 1. The van der Waals surface area contributed by atoms with E-state index in [4.69, 9.17) is 10.7 Å². The van der Waals surface area contributed by atoms with E-state index >= 15 is 0 Å². The molecule has 2 saturated heterocycles. The lowest BCUT2D eigenvalue weighted by atomic mass is 9.94. The number of hydrogen-bond donors (Lipinski definition) is 3. The van der Waals surface area contributed by atoms with Gasteiger partial charge in [0.05, 0.1) is 17.3 Å². The Morgan fingerprint density at radius 3 is 2.60 bits per heavy atom. The monoisotopic (exact) mass is 471 g/mol. The van der Waals surface area contributed by atoms with Gasteiger partial charge in [0, 0.05) is 36.5 Å². The zero-order chi connectivity index (χ0) is 23.8. The van der Waals surface area contributed by atoms with Crippen molar-refractivity contribution in [2.45, 2.75) is 37.6 Å². The van der Waals surface area contributed by atoms with Crippen LogP contribution in [0, 0.1) is 0 Å². The highest BCUT2D eigenvalue weighted by molar-refractivity contribution is 5.87. The molecular weight excluding hydrogens is 442 g/mol. The van der Waals surface area contributed by atoms with E-state index in [9.17, 15) is 5.11 Å². The molecule has 10 heteroatoms. The molecule has 4 aromatic rings. The van der Waals surface area contributed by atoms with Gasteiger partial charge < -0.3 is 21.1 Å². The topological polar surface area (TPSA) is 131 Å². The van der Waals surface area contributed by atoms with Crippen LogP contribution < -0.4 is 16.0 Å². The molecule has 2 fully saturated rings. The van der Waals surface area contributed by atoms with Gasteiger partial charge in [-0.05, 0) is 63.0 Å². The fraction of sp³-hybridized carbons (Fsp3) is 0.400. The summed E-state index contributed by atoms with van der Waals surface area (Å²) in [5, 5.41) is 26.9. The van der Waals surface area contributed by atoms with Crippen LogP contribution in [0.25, 0.3) is 22.3 Å². The smallest absolute Gasteiger partial charge is 0.225 e. The van der Waals surface area contributed by atoms with Crippen LogP contribution in [0.4, 0.5) is 11.8 Å². The molecule has 3 aromatic heterocycles. The second-order valence-corrected chi connectivity index (χ2v) is 9.33. The Morgan fingerprint density at radius 1 is 1.00 bits per heavy atom. The maximum Gasteiger partial charge on any atom is 0.225 e. The largest absolute Gasteiger partial charge is 0.507 e. The van der Waals surface area contributed by atoms with Crippen molar-refractivity contribution in [2.75, 3.05) is 36.8 Å². The number of aromatic nitrogens is 6. The van der Waals surface area contributed by atoms with Gasteiger partial charge in [0.15, 0.2) is 11.3 Å². The molecule has 0 radical (unpaired) electrons. The molecule has 4 N–H and O–H groups in total. The van der Waals surface area contributed by atoms with Crippen LogP contribution in [-0.2, 0) is 0 Å². The summed E-state index contributed by atoms with van der Waals surface area (Å²) in [7, 11) is 0. The van der Waals surface area contributed by atoms with Crippen LogP contribution in [-0.4, -0.2) is 61.2 Å². The van der Waals surface area contributed by atoms with Gasteiger partial charge in [-0.15, -0.1) is 10.2 Å². The molecule has 6 rings (SSSR count). The van der Waals surface area contributed by atoms with E-state index in [0.717, 1.165) is 69.0 Å². The number of piperidine rings is 2. The molecule has 35 heavy (non-hydrogen) atoms. The van der Waals surface area contributed by atoms with Gasteiger partial charge in [0.25, 0.3) is 0 Å². The van der Waals surface area contributed by atoms with Crippen molar-refractivity contribution in [1.82, 2.24) is 35.3 Å². The normalized spacial score (nSPS) is 17.8. The Labute approximate surface area is 203 Å². The van der Waals surface area contributed by atoms with Gasteiger partial charge in [-0.25, -0.2) is 9.97 Å². The Balaban J connectivity index is 1.22. The lowest BCUT2D eigenvalue weighted by Crippen LogP contribution is -2.36. The highest BCUT2D eigenvalue weighted by atomic mass is 16.3. The zero-order valence-corrected chi connectivity index (χ0v) is 19.5. The second-order valence-electron chi connectivity index (χ2n) is 9.33. The molecule has 180 valence electrons. The van der Waals surface area contributed by atoms with Crippen molar-refractivity contribution in [2.24, 2.45) is 0 Å². The summed E-state index contributed by atoms with van der Waals surface area (Å²) >= 11 is 0. The molecule has 2 aliphatic heterocycles. The minimum Gasteiger partial charge on any atom is -0.507 e. The van der Waals surface area contributed by atoms with Crippen molar-refractivity contribution in [3.05, 3.63) is 48.3 Å². The number of benzene rings is 1. The summed E-state index contributed by atoms with van der Waals surface area (Å²) in [5.41, 5.74) is 9.99. The quantitative estimate of drug-likeness (QED) is 0.411. The molecule has 0 amide bonds. The maximum absolute atomic E-state index is 10.3. The van der Waals surface area contributed by atoms with E-state index in [2.05, 4.69) is 36.6 Å². The average Bonchev–Trinajstić information content (AvgIpc) is 3.25.